The molecule has 0 aliphatic carbocycles. The lowest BCUT2D eigenvalue weighted by molar-refractivity contribution is -0.118. The number of carbonyl (C=O) groups is 1. The number of rotatable bonds is 4. The smallest absolute Gasteiger partial charge is 0.242 e. The molecule has 2 aromatic heterocycles. The van der Waals surface area contributed by atoms with Gasteiger partial charge in [0.25, 0.3) is 0 Å². The van der Waals surface area contributed by atoms with E-state index < -0.39 is 0 Å². The van der Waals surface area contributed by atoms with Gasteiger partial charge in [-0.3, -0.25) is 4.79 Å². The summed E-state index contributed by atoms with van der Waals surface area (Å²) in [6.45, 7) is 4.34. The summed E-state index contributed by atoms with van der Waals surface area (Å²) in [5.41, 5.74) is 0. The van der Waals surface area contributed by atoms with Crippen LogP contribution in [0.25, 0.3) is 0 Å². The Labute approximate surface area is 121 Å². The number of hydrogen-bond donors (Lipinski definition) is 2. The lowest BCUT2D eigenvalue weighted by Gasteiger charge is -2.26. The monoisotopic (exact) mass is 290 g/mol. The van der Waals surface area contributed by atoms with Crippen molar-refractivity contribution in [1.29, 1.82) is 0 Å². The topological polar surface area (TPSA) is 97.9 Å². The van der Waals surface area contributed by atoms with Gasteiger partial charge in [-0.2, -0.15) is 5.10 Å². The SMILES string of the molecule is Cc1cc(NC(=O)[C@@H](C)N[C@H]2CCc3ncnn3C2)no1. The third-order valence-corrected chi connectivity index (χ3v) is 3.56. The van der Waals surface area contributed by atoms with Crippen molar-refractivity contribution in [3.8, 4) is 0 Å². The van der Waals surface area contributed by atoms with Gasteiger partial charge in [-0.1, -0.05) is 5.16 Å². The Morgan fingerprint density at radius 2 is 2.43 bits per heavy atom. The van der Waals surface area contributed by atoms with Gasteiger partial charge >= 0.3 is 0 Å². The molecule has 0 aromatic carbocycles. The number of nitrogens with one attached hydrogen (secondary N) is 2. The van der Waals surface area contributed by atoms with Crippen molar-refractivity contribution in [2.45, 2.75) is 45.3 Å². The molecular weight excluding hydrogens is 272 g/mol. The predicted molar refractivity (Wildman–Crippen MR) is 74.6 cm³/mol. The Hall–Kier alpha value is -2.22. The zero-order chi connectivity index (χ0) is 14.8. The van der Waals surface area contributed by atoms with E-state index >= 15 is 0 Å². The molecule has 0 unspecified atom stereocenters. The molecule has 0 saturated carbocycles. The molecule has 8 nitrogen and oxygen atoms in total. The van der Waals surface area contributed by atoms with E-state index in [0.29, 0.717) is 11.6 Å². The second-order valence-electron chi connectivity index (χ2n) is 5.29. The van der Waals surface area contributed by atoms with Crippen molar-refractivity contribution in [2.75, 3.05) is 5.32 Å². The van der Waals surface area contributed by atoms with Crippen molar-refractivity contribution in [3.63, 3.8) is 0 Å². The van der Waals surface area contributed by atoms with Crippen LogP contribution in [0.1, 0.15) is 24.9 Å². The first-order chi connectivity index (χ1) is 10.1. The van der Waals surface area contributed by atoms with Crippen molar-refractivity contribution in [1.82, 2.24) is 25.2 Å². The highest BCUT2D eigenvalue weighted by Crippen LogP contribution is 2.12. The Kier molecular flexibility index (Phi) is 3.70. The molecule has 21 heavy (non-hydrogen) atoms. The van der Waals surface area contributed by atoms with Crippen LogP contribution in [-0.4, -0.2) is 37.9 Å². The zero-order valence-corrected chi connectivity index (χ0v) is 12.0. The van der Waals surface area contributed by atoms with Crippen molar-refractivity contribution >= 4 is 11.7 Å². The van der Waals surface area contributed by atoms with Crippen LogP contribution in [0, 0.1) is 6.92 Å². The Bertz CT molecular complexity index is 634. The van der Waals surface area contributed by atoms with E-state index in [1.807, 2.05) is 11.6 Å². The van der Waals surface area contributed by atoms with Crippen LogP contribution in [0.5, 0.6) is 0 Å². The van der Waals surface area contributed by atoms with Crippen LogP contribution in [0.15, 0.2) is 16.9 Å². The first-order valence-electron chi connectivity index (χ1n) is 6.99. The number of aromatic nitrogens is 4. The normalized spacial score (nSPS) is 19.0. The largest absolute Gasteiger partial charge is 0.360 e. The van der Waals surface area contributed by atoms with Crippen LogP contribution in [0.2, 0.25) is 0 Å². The summed E-state index contributed by atoms with van der Waals surface area (Å²) in [5.74, 6) is 1.97. The van der Waals surface area contributed by atoms with E-state index in [9.17, 15) is 4.79 Å². The van der Waals surface area contributed by atoms with Crippen molar-refractivity contribution < 1.29 is 9.32 Å². The number of carbonyl (C=O) groups excluding carboxylic acids is 1. The van der Waals surface area contributed by atoms with E-state index in [2.05, 4.69) is 25.9 Å². The minimum Gasteiger partial charge on any atom is -0.360 e. The molecular formula is C13H18N6O2. The molecule has 3 heterocycles. The minimum absolute atomic E-state index is 0.132. The van der Waals surface area contributed by atoms with E-state index in [1.54, 1.807) is 19.3 Å². The molecule has 0 radical (unpaired) electrons. The molecule has 2 aromatic rings. The Balaban J connectivity index is 1.54. The summed E-state index contributed by atoms with van der Waals surface area (Å²) < 4.78 is 6.80. The molecule has 0 fully saturated rings. The average molecular weight is 290 g/mol. The molecule has 0 saturated heterocycles. The number of anilines is 1. The van der Waals surface area contributed by atoms with Gasteiger partial charge in [0.1, 0.15) is 17.9 Å². The molecule has 112 valence electrons. The standard InChI is InChI=1S/C13H18N6O2/c1-8-5-11(18-21-8)17-13(20)9(2)16-10-3-4-12-14-7-15-19(12)6-10/h5,7,9-10,16H,3-4,6H2,1-2H3,(H,17,18,20)/t9-,10+/m1/s1. The third-order valence-electron chi connectivity index (χ3n) is 3.56. The maximum Gasteiger partial charge on any atom is 0.242 e. The molecule has 3 rings (SSSR count). The van der Waals surface area contributed by atoms with E-state index in [1.165, 1.54) is 0 Å². The Morgan fingerprint density at radius 1 is 1.57 bits per heavy atom. The maximum atomic E-state index is 12.1. The number of hydrogen-bond acceptors (Lipinski definition) is 6. The highest BCUT2D eigenvalue weighted by atomic mass is 16.5. The van der Waals surface area contributed by atoms with Gasteiger partial charge in [-0.25, -0.2) is 9.67 Å². The highest BCUT2D eigenvalue weighted by Gasteiger charge is 2.23. The molecule has 1 amide bonds. The predicted octanol–water partition coefficient (Wildman–Crippen LogP) is 0.506. The summed E-state index contributed by atoms with van der Waals surface area (Å²) in [4.78, 5) is 16.3. The lowest BCUT2D eigenvalue weighted by Crippen LogP contribution is -2.47. The van der Waals surface area contributed by atoms with Crippen LogP contribution in [-0.2, 0) is 17.8 Å². The summed E-state index contributed by atoms with van der Waals surface area (Å²) in [6, 6.07) is 1.57. The summed E-state index contributed by atoms with van der Waals surface area (Å²) in [5, 5.41) is 14.0. The summed E-state index contributed by atoms with van der Waals surface area (Å²) in [6.07, 6.45) is 3.38. The van der Waals surface area contributed by atoms with Gasteiger partial charge in [-0.15, -0.1) is 0 Å². The zero-order valence-electron chi connectivity index (χ0n) is 12.0. The van der Waals surface area contributed by atoms with Crippen molar-refractivity contribution in [3.05, 3.63) is 24.0 Å². The molecule has 8 heteroatoms. The van der Waals surface area contributed by atoms with Crippen LogP contribution < -0.4 is 10.6 Å². The minimum atomic E-state index is -0.322. The second kappa shape index (κ2) is 5.65. The molecule has 0 bridgehead atoms. The van der Waals surface area contributed by atoms with Crippen molar-refractivity contribution in [2.24, 2.45) is 0 Å². The van der Waals surface area contributed by atoms with Gasteiger partial charge in [0.15, 0.2) is 5.82 Å². The molecule has 0 spiro atoms. The molecule has 2 N–H and O–H groups in total. The first kappa shape index (κ1) is 13.7. The summed E-state index contributed by atoms with van der Waals surface area (Å²) in [7, 11) is 0. The number of fused-ring (bicyclic) bond motifs is 1. The van der Waals surface area contributed by atoms with E-state index in [-0.39, 0.29) is 18.0 Å². The summed E-state index contributed by atoms with van der Waals surface area (Å²) >= 11 is 0. The van der Waals surface area contributed by atoms with Gasteiger partial charge in [0, 0.05) is 18.5 Å². The Morgan fingerprint density at radius 3 is 3.19 bits per heavy atom. The van der Waals surface area contributed by atoms with Gasteiger partial charge < -0.3 is 15.2 Å². The van der Waals surface area contributed by atoms with Gasteiger partial charge in [-0.05, 0) is 20.3 Å². The van der Waals surface area contributed by atoms with Crippen LogP contribution in [0.4, 0.5) is 5.82 Å². The fourth-order valence-electron chi connectivity index (χ4n) is 2.46. The van der Waals surface area contributed by atoms with E-state index in [4.69, 9.17) is 4.52 Å². The van der Waals surface area contributed by atoms with Gasteiger partial charge in [0.05, 0.1) is 12.6 Å². The number of amides is 1. The van der Waals surface area contributed by atoms with Crippen LogP contribution >= 0.6 is 0 Å². The fraction of sp³-hybridized carbons (Fsp3) is 0.538. The second-order valence-corrected chi connectivity index (χ2v) is 5.29. The van der Waals surface area contributed by atoms with Gasteiger partial charge in [0.2, 0.25) is 5.91 Å². The first-order valence-corrected chi connectivity index (χ1v) is 6.99. The molecule has 2 atom stereocenters. The maximum absolute atomic E-state index is 12.1. The third kappa shape index (κ3) is 3.10. The quantitative estimate of drug-likeness (QED) is 0.851. The van der Waals surface area contributed by atoms with E-state index in [0.717, 1.165) is 25.2 Å². The number of nitrogens with zero attached hydrogens (tertiary/aromatic N) is 4. The average Bonchev–Trinajstić information content (AvgIpc) is 3.07. The lowest BCUT2D eigenvalue weighted by atomic mass is 10.1. The molecule has 1 aliphatic heterocycles. The number of aryl methyl sites for hydroxylation is 2. The fourth-order valence-corrected chi connectivity index (χ4v) is 2.46. The molecule has 1 aliphatic rings. The highest BCUT2D eigenvalue weighted by molar-refractivity contribution is 5.93. The van der Waals surface area contributed by atoms with Crippen LogP contribution in [0.3, 0.4) is 0 Å².